The minimum absolute atomic E-state index is 0.134. The fraction of sp³-hybridized carbons (Fsp3) is 1.00. The van der Waals surface area contributed by atoms with Gasteiger partial charge >= 0.3 is 7.68 Å². The van der Waals surface area contributed by atoms with E-state index >= 15 is 0 Å². The summed E-state index contributed by atoms with van der Waals surface area (Å²) in [6, 6.07) is 0. The molecule has 0 rings (SSSR count). The molecule has 0 aromatic carbocycles. The third-order valence-electron chi connectivity index (χ3n) is 0.930. The monoisotopic (exact) mass is 198 g/mol. The Hall–Kier alpha value is 0.0800. The van der Waals surface area contributed by atoms with Gasteiger partial charge in [0.2, 0.25) is 0 Å². The van der Waals surface area contributed by atoms with Crippen LogP contribution in [0.1, 0.15) is 27.7 Å². The molecule has 1 atom stereocenters. The molecule has 3 nitrogen and oxygen atoms in total. The zero-order valence-corrected chi connectivity index (χ0v) is 8.81. The van der Waals surface area contributed by atoms with E-state index in [2.05, 4.69) is 4.52 Å². The first-order chi connectivity index (χ1) is 5.33. The number of rotatable bonds is 5. The van der Waals surface area contributed by atoms with Gasteiger partial charge in [0.1, 0.15) is 0 Å². The lowest BCUT2D eigenvalue weighted by Gasteiger charge is -2.14. The molecule has 0 radical (unpaired) electrons. The molecule has 0 saturated carbocycles. The van der Waals surface area contributed by atoms with Crippen molar-refractivity contribution in [3.05, 3.63) is 0 Å². The molecule has 12 heavy (non-hydrogen) atoms. The normalized spacial score (nSPS) is 16.9. The van der Waals surface area contributed by atoms with Crippen LogP contribution in [0.4, 0.5) is 4.20 Å². The molecule has 0 amide bonds. The van der Waals surface area contributed by atoms with Crippen LogP contribution in [0.2, 0.25) is 0 Å². The van der Waals surface area contributed by atoms with Gasteiger partial charge in [-0.05, 0) is 27.7 Å². The highest BCUT2D eigenvalue weighted by Crippen LogP contribution is 2.49. The van der Waals surface area contributed by atoms with Crippen molar-refractivity contribution < 1.29 is 18.0 Å². The van der Waals surface area contributed by atoms with Crippen LogP contribution < -0.4 is 0 Å². The van der Waals surface area contributed by atoms with E-state index in [1.165, 1.54) is 0 Å². The molecule has 0 heterocycles. The molecule has 0 saturated heterocycles. The van der Waals surface area contributed by atoms with E-state index in [4.69, 9.17) is 4.74 Å². The van der Waals surface area contributed by atoms with Crippen LogP contribution in [-0.2, 0) is 13.8 Å². The van der Waals surface area contributed by atoms with Crippen molar-refractivity contribution in [2.75, 3.05) is 6.35 Å². The predicted octanol–water partition coefficient (Wildman–Crippen LogP) is 2.96. The highest BCUT2D eigenvalue weighted by Gasteiger charge is 2.24. The second-order valence-corrected chi connectivity index (χ2v) is 4.74. The Labute approximate surface area is 72.8 Å². The van der Waals surface area contributed by atoms with Crippen molar-refractivity contribution in [1.82, 2.24) is 0 Å². The Kier molecular flexibility index (Phi) is 4.98. The largest absolute Gasteiger partial charge is 0.392 e. The average molecular weight is 198 g/mol. The molecule has 0 spiro atoms. The van der Waals surface area contributed by atoms with Gasteiger partial charge in [-0.15, -0.1) is 0 Å². The fourth-order valence-electron chi connectivity index (χ4n) is 0.583. The summed E-state index contributed by atoms with van der Waals surface area (Å²) in [6.45, 7) is 6.74. The summed E-state index contributed by atoms with van der Waals surface area (Å²) in [5.41, 5.74) is 0. The molecule has 0 aromatic rings. The smallest absolute Gasteiger partial charge is 0.366 e. The predicted molar refractivity (Wildman–Crippen MR) is 46.0 cm³/mol. The van der Waals surface area contributed by atoms with E-state index in [1.807, 2.05) is 0 Å². The van der Waals surface area contributed by atoms with Crippen LogP contribution in [0.3, 0.4) is 0 Å². The third kappa shape index (κ3) is 6.77. The summed E-state index contributed by atoms with van der Waals surface area (Å²) < 4.78 is 33.2. The van der Waals surface area contributed by atoms with Gasteiger partial charge in [-0.3, -0.25) is 4.57 Å². The Balaban J connectivity index is 3.80. The first-order valence-corrected chi connectivity index (χ1v) is 5.62. The number of hydrogen-bond acceptors (Lipinski definition) is 3. The minimum atomic E-state index is -4.02. The van der Waals surface area contributed by atoms with E-state index in [0.717, 1.165) is 0 Å². The number of halogens is 1. The lowest BCUT2D eigenvalue weighted by atomic mass is 10.5. The molecule has 0 aromatic heterocycles. The fourth-order valence-corrected chi connectivity index (χ4v) is 1.75. The second kappa shape index (κ2) is 4.95. The molecular weight excluding hydrogens is 182 g/mol. The summed E-state index contributed by atoms with van der Waals surface area (Å²) in [4.78, 5) is 0. The summed E-state index contributed by atoms with van der Waals surface area (Å²) in [7, 11) is -4.02. The maximum atomic E-state index is 12.9. The van der Waals surface area contributed by atoms with Crippen molar-refractivity contribution >= 4 is 7.68 Å². The molecule has 0 aliphatic heterocycles. The maximum absolute atomic E-state index is 12.9. The first kappa shape index (κ1) is 12.1. The average Bonchev–Trinajstić information content (AvgIpc) is 1.81. The Morgan fingerprint density at radius 1 is 1.25 bits per heavy atom. The topological polar surface area (TPSA) is 35.5 Å². The Morgan fingerprint density at radius 2 is 1.75 bits per heavy atom. The molecule has 0 bridgehead atoms. The van der Waals surface area contributed by atoms with Gasteiger partial charge in [0.25, 0.3) is 0 Å². The van der Waals surface area contributed by atoms with Crippen molar-refractivity contribution in [2.24, 2.45) is 0 Å². The van der Waals surface area contributed by atoms with E-state index in [1.54, 1.807) is 27.7 Å². The molecule has 0 aliphatic rings. The van der Waals surface area contributed by atoms with E-state index in [-0.39, 0.29) is 12.2 Å². The lowest BCUT2D eigenvalue weighted by Crippen LogP contribution is -2.07. The molecule has 0 N–H and O–H groups in total. The number of hydrogen-bond donors (Lipinski definition) is 0. The summed E-state index contributed by atoms with van der Waals surface area (Å²) in [5.74, 6) is 0. The summed E-state index contributed by atoms with van der Waals surface area (Å²) in [6.07, 6.45) is -0.968. The van der Waals surface area contributed by atoms with Crippen LogP contribution >= 0.6 is 7.68 Å². The van der Waals surface area contributed by atoms with Crippen LogP contribution in [0, 0.1) is 0 Å². The van der Waals surface area contributed by atoms with E-state index in [9.17, 15) is 8.76 Å². The van der Waals surface area contributed by atoms with Gasteiger partial charge in [-0.25, -0.2) is 0 Å². The molecule has 5 heteroatoms. The summed E-state index contributed by atoms with van der Waals surface area (Å²) in [5, 5.41) is 0. The molecule has 0 fully saturated rings. The first-order valence-electron chi connectivity index (χ1n) is 3.92. The van der Waals surface area contributed by atoms with Crippen molar-refractivity contribution in [3.8, 4) is 0 Å². The summed E-state index contributed by atoms with van der Waals surface area (Å²) >= 11 is 0. The Bertz CT molecular complexity index is 170. The van der Waals surface area contributed by atoms with E-state index in [0.29, 0.717) is 0 Å². The maximum Gasteiger partial charge on any atom is 0.392 e. The standard InChI is InChI=1S/C7H16FO3P/c1-6(2)10-5-12(8,9)11-7(3)4/h6-7H,5H2,1-4H3. The van der Waals surface area contributed by atoms with Gasteiger partial charge in [0, 0.05) is 0 Å². The zero-order chi connectivity index (χ0) is 9.78. The minimum Gasteiger partial charge on any atom is -0.366 e. The van der Waals surface area contributed by atoms with Crippen LogP contribution in [0.25, 0.3) is 0 Å². The third-order valence-corrected chi connectivity index (χ3v) is 2.12. The van der Waals surface area contributed by atoms with Gasteiger partial charge in [0.05, 0.1) is 12.2 Å². The zero-order valence-electron chi connectivity index (χ0n) is 7.91. The lowest BCUT2D eigenvalue weighted by molar-refractivity contribution is 0.0951. The highest BCUT2D eigenvalue weighted by molar-refractivity contribution is 7.53. The molecule has 74 valence electrons. The van der Waals surface area contributed by atoms with Gasteiger partial charge < -0.3 is 9.26 Å². The highest BCUT2D eigenvalue weighted by atomic mass is 31.2. The van der Waals surface area contributed by atoms with Crippen molar-refractivity contribution in [2.45, 2.75) is 39.9 Å². The molecule has 1 unspecified atom stereocenters. The van der Waals surface area contributed by atoms with Gasteiger partial charge in [0.15, 0.2) is 6.35 Å². The van der Waals surface area contributed by atoms with Crippen LogP contribution in [0.5, 0.6) is 0 Å². The number of ether oxygens (including phenoxy) is 1. The van der Waals surface area contributed by atoms with Crippen molar-refractivity contribution in [3.63, 3.8) is 0 Å². The van der Waals surface area contributed by atoms with Gasteiger partial charge in [-0.1, -0.05) is 0 Å². The van der Waals surface area contributed by atoms with Gasteiger partial charge in [-0.2, -0.15) is 4.20 Å². The molecule has 0 aliphatic carbocycles. The van der Waals surface area contributed by atoms with Crippen molar-refractivity contribution in [1.29, 1.82) is 0 Å². The Morgan fingerprint density at radius 3 is 2.08 bits per heavy atom. The van der Waals surface area contributed by atoms with E-state index < -0.39 is 14.0 Å². The molecular formula is C7H16FO3P. The second-order valence-electron chi connectivity index (χ2n) is 3.09. The van der Waals surface area contributed by atoms with Crippen LogP contribution in [0.15, 0.2) is 0 Å². The van der Waals surface area contributed by atoms with Crippen LogP contribution in [-0.4, -0.2) is 18.6 Å². The quantitative estimate of drug-likeness (QED) is 0.637. The SMILES string of the molecule is CC(C)OCP(=O)(F)OC(C)C.